The second-order valence-electron chi connectivity index (χ2n) is 5.91. The maximum atomic E-state index is 12.1. The van der Waals surface area contributed by atoms with Crippen molar-refractivity contribution < 1.29 is 28.6 Å². The first-order valence-corrected chi connectivity index (χ1v) is 8.55. The van der Waals surface area contributed by atoms with Gasteiger partial charge in [-0.05, 0) is 18.9 Å². The summed E-state index contributed by atoms with van der Waals surface area (Å²) < 4.78 is 15.1. The molecule has 1 aliphatic rings. The van der Waals surface area contributed by atoms with Gasteiger partial charge in [0, 0.05) is 31.6 Å². The smallest absolute Gasteiger partial charge is 0.322 e. The molecule has 2 rings (SSSR count). The topological polar surface area (TPSA) is 103 Å². The second-order valence-corrected chi connectivity index (χ2v) is 5.91. The van der Waals surface area contributed by atoms with Crippen molar-refractivity contribution in [2.75, 3.05) is 25.0 Å². The summed E-state index contributed by atoms with van der Waals surface area (Å²) in [6, 6.07) is 7.73. The highest BCUT2D eigenvalue weighted by Gasteiger charge is 2.22. The first-order chi connectivity index (χ1) is 12.5. The van der Waals surface area contributed by atoms with Crippen LogP contribution in [0.4, 0.5) is 5.69 Å². The van der Waals surface area contributed by atoms with Gasteiger partial charge in [0.2, 0.25) is 6.29 Å². The summed E-state index contributed by atoms with van der Waals surface area (Å²) in [6.07, 6.45) is 0.341. The van der Waals surface area contributed by atoms with Gasteiger partial charge in [-0.2, -0.15) is 0 Å². The van der Waals surface area contributed by atoms with Crippen LogP contribution in [0.15, 0.2) is 24.3 Å². The van der Waals surface area contributed by atoms with Crippen molar-refractivity contribution in [3.8, 4) is 0 Å². The number of hydrogen-bond donors (Lipinski definition) is 2. The Morgan fingerprint density at radius 3 is 2.69 bits per heavy atom. The van der Waals surface area contributed by atoms with Crippen molar-refractivity contribution in [3.63, 3.8) is 0 Å². The Morgan fingerprint density at radius 2 is 1.92 bits per heavy atom. The molecule has 1 aromatic carbocycles. The van der Waals surface area contributed by atoms with Crippen molar-refractivity contribution in [3.05, 3.63) is 29.8 Å². The zero-order valence-electron chi connectivity index (χ0n) is 14.9. The third-order valence-corrected chi connectivity index (χ3v) is 3.71. The zero-order valence-corrected chi connectivity index (χ0v) is 14.9. The third-order valence-electron chi connectivity index (χ3n) is 3.71. The van der Waals surface area contributed by atoms with Gasteiger partial charge in [-0.25, -0.2) is 0 Å². The molecule has 142 valence electrons. The van der Waals surface area contributed by atoms with Crippen molar-refractivity contribution in [1.82, 2.24) is 5.32 Å². The fourth-order valence-electron chi connectivity index (χ4n) is 2.68. The van der Waals surface area contributed by atoms with Crippen LogP contribution in [0.5, 0.6) is 0 Å². The first kappa shape index (κ1) is 19.7. The molecule has 2 atom stereocenters. The SMILES string of the molecule is CC(=O)OC(C)OC(=O)CNCC(=O)OC1CCCNc2ccccc21. The van der Waals surface area contributed by atoms with E-state index in [2.05, 4.69) is 15.4 Å². The summed E-state index contributed by atoms with van der Waals surface area (Å²) in [4.78, 5) is 34.4. The van der Waals surface area contributed by atoms with Gasteiger partial charge in [0.05, 0.1) is 13.1 Å². The van der Waals surface area contributed by atoms with E-state index < -0.39 is 24.2 Å². The van der Waals surface area contributed by atoms with E-state index in [0.29, 0.717) is 0 Å². The number of hydrogen-bond acceptors (Lipinski definition) is 8. The lowest BCUT2D eigenvalue weighted by Crippen LogP contribution is -2.33. The van der Waals surface area contributed by atoms with Crippen molar-refractivity contribution in [2.24, 2.45) is 0 Å². The molecule has 0 amide bonds. The summed E-state index contributed by atoms with van der Waals surface area (Å²) in [5.41, 5.74) is 1.92. The van der Waals surface area contributed by atoms with E-state index in [-0.39, 0.29) is 19.2 Å². The number of carbonyl (C=O) groups is 3. The van der Waals surface area contributed by atoms with Crippen LogP contribution in [0.1, 0.15) is 38.4 Å². The van der Waals surface area contributed by atoms with E-state index >= 15 is 0 Å². The van der Waals surface area contributed by atoms with Gasteiger partial charge in [0.1, 0.15) is 6.10 Å². The Labute approximate surface area is 152 Å². The van der Waals surface area contributed by atoms with Gasteiger partial charge in [-0.15, -0.1) is 0 Å². The number of nitrogens with one attached hydrogen (secondary N) is 2. The molecule has 1 aromatic rings. The van der Waals surface area contributed by atoms with E-state index in [1.807, 2.05) is 24.3 Å². The predicted octanol–water partition coefficient (Wildman–Crippen LogP) is 1.52. The highest BCUT2D eigenvalue weighted by atomic mass is 16.7. The van der Waals surface area contributed by atoms with Gasteiger partial charge in [-0.1, -0.05) is 18.2 Å². The zero-order chi connectivity index (χ0) is 18.9. The molecule has 0 radical (unpaired) electrons. The molecule has 0 saturated heterocycles. The van der Waals surface area contributed by atoms with Gasteiger partial charge < -0.3 is 19.5 Å². The summed E-state index contributed by atoms with van der Waals surface area (Å²) in [5, 5.41) is 5.98. The number of rotatable bonds is 7. The Balaban J connectivity index is 1.75. The van der Waals surface area contributed by atoms with Gasteiger partial charge in [-0.3, -0.25) is 19.7 Å². The number of esters is 3. The number of anilines is 1. The van der Waals surface area contributed by atoms with E-state index in [9.17, 15) is 14.4 Å². The fourth-order valence-corrected chi connectivity index (χ4v) is 2.68. The molecule has 0 fully saturated rings. The van der Waals surface area contributed by atoms with Crippen LogP contribution in [-0.4, -0.2) is 43.8 Å². The predicted molar refractivity (Wildman–Crippen MR) is 93.2 cm³/mol. The van der Waals surface area contributed by atoms with Crippen molar-refractivity contribution in [2.45, 2.75) is 39.1 Å². The molecular weight excluding hydrogens is 340 g/mol. The lowest BCUT2D eigenvalue weighted by atomic mass is 10.0. The standard InChI is InChI=1S/C18H24N2O6/c1-12(21)24-13(2)25-17(22)10-19-11-18(23)26-16-8-5-9-20-15-7-4-3-6-14(15)16/h3-4,6-7,13,16,19-20H,5,8-11H2,1-2H3. The van der Waals surface area contributed by atoms with Gasteiger partial charge in [0.15, 0.2) is 0 Å². The number of para-hydroxylation sites is 1. The molecule has 0 aromatic heterocycles. The maximum absolute atomic E-state index is 12.1. The number of ether oxygens (including phenoxy) is 3. The van der Waals surface area contributed by atoms with E-state index in [1.54, 1.807) is 0 Å². The molecule has 8 nitrogen and oxygen atoms in total. The number of benzene rings is 1. The van der Waals surface area contributed by atoms with E-state index in [0.717, 1.165) is 30.6 Å². The van der Waals surface area contributed by atoms with Crippen LogP contribution in [0.2, 0.25) is 0 Å². The van der Waals surface area contributed by atoms with Crippen molar-refractivity contribution in [1.29, 1.82) is 0 Å². The molecule has 1 heterocycles. The monoisotopic (exact) mass is 364 g/mol. The third kappa shape index (κ3) is 6.36. The van der Waals surface area contributed by atoms with Crippen molar-refractivity contribution >= 4 is 23.6 Å². The number of fused-ring (bicyclic) bond motifs is 1. The Hall–Kier alpha value is -2.61. The molecule has 0 aliphatic carbocycles. The normalized spacial score (nSPS) is 17.1. The summed E-state index contributed by atoms with van der Waals surface area (Å²) in [7, 11) is 0. The first-order valence-electron chi connectivity index (χ1n) is 8.55. The summed E-state index contributed by atoms with van der Waals surface area (Å²) >= 11 is 0. The molecule has 2 N–H and O–H groups in total. The second kappa shape index (κ2) is 9.76. The molecule has 0 bridgehead atoms. The lowest BCUT2D eigenvalue weighted by molar-refractivity contribution is -0.182. The maximum Gasteiger partial charge on any atom is 0.322 e. The fraction of sp³-hybridized carbons (Fsp3) is 0.500. The lowest BCUT2D eigenvalue weighted by Gasteiger charge is -2.18. The van der Waals surface area contributed by atoms with E-state index in [4.69, 9.17) is 9.47 Å². The Morgan fingerprint density at radius 1 is 1.19 bits per heavy atom. The molecule has 8 heteroatoms. The Bertz CT molecular complexity index is 648. The van der Waals surface area contributed by atoms with Crippen LogP contribution in [0.3, 0.4) is 0 Å². The highest BCUT2D eigenvalue weighted by Crippen LogP contribution is 2.31. The molecule has 0 saturated carbocycles. The quantitative estimate of drug-likeness (QED) is 0.554. The van der Waals surface area contributed by atoms with Crippen LogP contribution in [0, 0.1) is 0 Å². The van der Waals surface area contributed by atoms with Crippen LogP contribution in [-0.2, 0) is 28.6 Å². The largest absolute Gasteiger partial charge is 0.456 e. The van der Waals surface area contributed by atoms with Gasteiger partial charge in [0.25, 0.3) is 0 Å². The van der Waals surface area contributed by atoms with Gasteiger partial charge >= 0.3 is 17.9 Å². The minimum atomic E-state index is -0.969. The number of carbonyl (C=O) groups excluding carboxylic acids is 3. The highest BCUT2D eigenvalue weighted by molar-refractivity contribution is 5.75. The molecule has 1 aliphatic heterocycles. The van der Waals surface area contributed by atoms with Crippen LogP contribution in [0.25, 0.3) is 0 Å². The van der Waals surface area contributed by atoms with E-state index in [1.165, 1.54) is 13.8 Å². The summed E-state index contributed by atoms with van der Waals surface area (Å²) in [5.74, 6) is -1.62. The average Bonchev–Trinajstić information content (AvgIpc) is 2.76. The van der Waals surface area contributed by atoms with Crippen LogP contribution < -0.4 is 10.6 Å². The molecular formula is C18H24N2O6. The average molecular weight is 364 g/mol. The molecule has 26 heavy (non-hydrogen) atoms. The van der Waals surface area contributed by atoms with Crippen LogP contribution >= 0.6 is 0 Å². The minimum absolute atomic E-state index is 0.122. The molecule has 0 spiro atoms. The summed E-state index contributed by atoms with van der Waals surface area (Å²) in [6.45, 7) is 3.17. The Kier molecular flexibility index (Phi) is 7.40. The molecule has 2 unspecified atom stereocenters. The minimum Gasteiger partial charge on any atom is -0.456 e.